The Hall–Kier alpha value is -0.870. The van der Waals surface area contributed by atoms with Crippen molar-refractivity contribution in [3.8, 4) is 0 Å². The van der Waals surface area contributed by atoms with E-state index in [9.17, 15) is 4.79 Å². The molecule has 0 aliphatic rings. The molecule has 0 fully saturated rings. The first-order chi connectivity index (χ1) is 6.72. The van der Waals surface area contributed by atoms with Crippen LogP contribution in [0.4, 0.5) is 5.69 Å². The Balaban J connectivity index is 2.29. The van der Waals surface area contributed by atoms with Crippen LogP contribution in [0.5, 0.6) is 0 Å². The fourth-order valence-electron chi connectivity index (χ4n) is 1.26. The van der Waals surface area contributed by atoms with Crippen molar-refractivity contribution in [1.82, 2.24) is 0 Å². The van der Waals surface area contributed by atoms with Crippen molar-refractivity contribution in [3.05, 3.63) is 16.8 Å². The van der Waals surface area contributed by atoms with E-state index in [4.69, 9.17) is 5.73 Å². The maximum Gasteiger partial charge on any atom is 0.225 e. The van der Waals surface area contributed by atoms with E-state index in [1.165, 1.54) is 0 Å². The molecule has 3 N–H and O–H groups in total. The second kappa shape index (κ2) is 5.78. The van der Waals surface area contributed by atoms with Crippen molar-refractivity contribution in [2.75, 3.05) is 5.32 Å². The molecule has 0 aliphatic carbocycles. The lowest BCUT2D eigenvalue weighted by molar-refractivity contribution is -0.116. The zero-order valence-corrected chi connectivity index (χ0v) is 9.14. The second-order valence-electron chi connectivity index (χ2n) is 3.31. The summed E-state index contributed by atoms with van der Waals surface area (Å²) in [5.41, 5.74) is 6.62. The Morgan fingerprint density at radius 2 is 2.50 bits per heavy atom. The van der Waals surface area contributed by atoms with Crippen LogP contribution in [0, 0.1) is 0 Å². The molecular formula is C10H16N2OS. The molecule has 1 aromatic heterocycles. The molecule has 0 aliphatic heterocycles. The van der Waals surface area contributed by atoms with Crippen molar-refractivity contribution < 1.29 is 4.79 Å². The average Bonchev–Trinajstić information content (AvgIpc) is 2.56. The molecule has 0 spiro atoms. The number of nitrogens with one attached hydrogen (secondary N) is 1. The minimum atomic E-state index is -0.0152. The zero-order chi connectivity index (χ0) is 10.4. The molecule has 1 atom stereocenters. The number of hydrogen-bond acceptors (Lipinski definition) is 3. The summed E-state index contributed by atoms with van der Waals surface area (Å²) in [6.07, 6.45) is 2.33. The summed E-state index contributed by atoms with van der Waals surface area (Å²) in [5.74, 6) is 0.00403. The van der Waals surface area contributed by atoms with Crippen molar-refractivity contribution in [1.29, 1.82) is 0 Å². The van der Waals surface area contributed by atoms with Gasteiger partial charge in [0.05, 0.1) is 5.69 Å². The van der Waals surface area contributed by atoms with Gasteiger partial charge in [-0.05, 0) is 17.9 Å². The maximum atomic E-state index is 11.4. The molecule has 0 saturated carbocycles. The highest BCUT2D eigenvalue weighted by molar-refractivity contribution is 7.08. The largest absolute Gasteiger partial charge is 0.327 e. The fourth-order valence-corrected chi connectivity index (χ4v) is 1.85. The van der Waals surface area contributed by atoms with Gasteiger partial charge in [0.1, 0.15) is 0 Å². The molecule has 78 valence electrons. The summed E-state index contributed by atoms with van der Waals surface area (Å²) in [5, 5.41) is 6.64. The van der Waals surface area contributed by atoms with E-state index in [1.54, 1.807) is 11.3 Å². The molecule has 1 amide bonds. The molecule has 14 heavy (non-hydrogen) atoms. The van der Waals surface area contributed by atoms with E-state index < -0.39 is 0 Å². The molecule has 0 radical (unpaired) electrons. The van der Waals surface area contributed by atoms with E-state index in [0.29, 0.717) is 6.42 Å². The first kappa shape index (κ1) is 11.2. The molecule has 0 saturated heterocycles. The molecule has 3 nitrogen and oxygen atoms in total. The predicted molar refractivity (Wildman–Crippen MR) is 60.4 cm³/mol. The lowest BCUT2D eigenvalue weighted by Gasteiger charge is -2.09. The number of amides is 1. The highest BCUT2D eigenvalue weighted by Crippen LogP contribution is 2.12. The van der Waals surface area contributed by atoms with Crippen LogP contribution in [-0.4, -0.2) is 11.9 Å². The molecule has 1 rings (SSSR count). The maximum absolute atomic E-state index is 11.4. The van der Waals surface area contributed by atoms with Crippen LogP contribution in [0.25, 0.3) is 0 Å². The Morgan fingerprint density at radius 1 is 1.71 bits per heavy atom. The molecule has 1 heterocycles. The number of hydrogen-bond donors (Lipinski definition) is 2. The smallest absolute Gasteiger partial charge is 0.225 e. The zero-order valence-electron chi connectivity index (χ0n) is 8.32. The van der Waals surface area contributed by atoms with Gasteiger partial charge in [-0.25, -0.2) is 0 Å². The van der Waals surface area contributed by atoms with E-state index >= 15 is 0 Å². The summed E-state index contributed by atoms with van der Waals surface area (Å²) in [6, 6.07) is 1.87. The second-order valence-corrected chi connectivity index (χ2v) is 4.09. The Morgan fingerprint density at radius 3 is 3.07 bits per heavy atom. The first-order valence-electron chi connectivity index (χ1n) is 4.80. The third-order valence-corrected chi connectivity index (χ3v) is 2.60. The molecule has 4 heteroatoms. The molecule has 1 aromatic rings. The van der Waals surface area contributed by atoms with Gasteiger partial charge in [-0.3, -0.25) is 4.79 Å². The third-order valence-electron chi connectivity index (χ3n) is 1.91. The van der Waals surface area contributed by atoms with Crippen LogP contribution in [0.2, 0.25) is 0 Å². The first-order valence-corrected chi connectivity index (χ1v) is 5.74. The van der Waals surface area contributed by atoms with Gasteiger partial charge in [0.25, 0.3) is 0 Å². The summed E-state index contributed by atoms with van der Waals surface area (Å²) in [4.78, 5) is 11.4. The van der Waals surface area contributed by atoms with Gasteiger partial charge in [0.15, 0.2) is 0 Å². The van der Waals surface area contributed by atoms with E-state index in [2.05, 4.69) is 12.2 Å². The van der Waals surface area contributed by atoms with Gasteiger partial charge in [0.2, 0.25) is 5.91 Å². The minimum absolute atomic E-state index is 0.00403. The predicted octanol–water partition coefficient (Wildman–Crippen LogP) is 2.20. The van der Waals surface area contributed by atoms with Gasteiger partial charge >= 0.3 is 0 Å². The lowest BCUT2D eigenvalue weighted by Crippen LogP contribution is -2.26. The summed E-state index contributed by atoms with van der Waals surface area (Å²) in [7, 11) is 0. The highest BCUT2D eigenvalue weighted by Gasteiger charge is 2.08. The van der Waals surface area contributed by atoms with Crippen molar-refractivity contribution in [2.45, 2.75) is 32.2 Å². The number of rotatable bonds is 5. The van der Waals surface area contributed by atoms with Crippen molar-refractivity contribution >= 4 is 22.9 Å². The lowest BCUT2D eigenvalue weighted by atomic mass is 10.1. The molecular weight excluding hydrogens is 196 g/mol. The van der Waals surface area contributed by atoms with Crippen LogP contribution in [0.3, 0.4) is 0 Å². The van der Waals surface area contributed by atoms with E-state index in [0.717, 1.165) is 18.5 Å². The molecule has 0 bridgehead atoms. The van der Waals surface area contributed by atoms with Crippen LogP contribution < -0.4 is 11.1 Å². The van der Waals surface area contributed by atoms with Gasteiger partial charge in [-0.2, -0.15) is 11.3 Å². The Bertz CT molecular complexity index is 272. The number of anilines is 1. The van der Waals surface area contributed by atoms with Crippen LogP contribution in [0.15, 0.2) is 16.8 Å². The SMILES string of the molecule is CCCC(N)CC(=O)Nc1ccsc1. The molecule has 1 unspecified atom stereocenters. The van der Waals surface area contributed by atoms with Crippen LogP contribution in [-0.2, 0) is 4.79 Å². The van der Waals surface area contributed by atoms with Gasteiger partial charge in [0, 0.05) is 17.8 Å². The fraction of sp³-hybridized carbons (Fsp3) is 0.500. The minimum Gasteiger partial charge on any atom is -0.327 e. The van der Waals surface area contributed by atoms with E-state index in [1.807, 2.05) is 16.8 Å². The summed E-state index contributed by atoms with van der Waals surface area (Å²) >= 11 is 1.56. The summed E-state index contributed by atoms with van der Waals surface area (Å²) in [6.45, 7) is 2.07. The summed E-state index contributed by atoms with van der Waals surface area (Å²) < 4.78 is 0. The standard InChI is InChI=1S/C10H16N2OS/c1-2-3-8(11)6-10(13)12-9-4-5-14-7-9/h4-5,7-8H,2-3,6,11H2,1H3,(H,12,13). The number of nitrogens with two attached hydrogens (primary N) is 1. The van der Waals surface area contributed by atoms with Gasteiger partial charge in [-0.1, -0.05) is 13.3 Å². The Labute approximate surface area is 88.3 Å². The quantitative estimate of drug-likeness (QED) is 0.786. The number of carbonyl (C=O) groups is 1. The van der Waals surface area contributed by atoms with Crippen LogP contribution in [0.1, 0.15) is 26.2 Å². The topological polar surface area (TPSA) is 55.1 Å². The van der Waals surface area contributed by atoms with Crippen LogP contribution >= 0.6 is 11.3 Å². The van der Waals surface area contributed by atoms with E-state index in [-0.39, 0.29) is 11.9 Å². The monoisotopic (exact) mass is 212 g/mol. The third kappa shape index (κ3) is 3.89. The number of carbonyl (C=O) groups excluding carboxylic acids is 1. The Kier molecular flexibility index (Phi) is 4.62. The van der Waals surface area contributed by atoms with Crippen molar-refractivity contribution in [3.63, 3.8) is 0 Å². The average molecular weight is 212 g/mol. The highest BCUT2D eigenvalue weighted by atomic mass is 32.1. The number of thiophene rings is 1. The van der Waals surface area contributed by atoms with Crippen molar-refractivity contribution in [2.24, 2.45) is 5.73 Å². The normalized spacial score (nSPS) is 12.4. The van der Waals surface area contributed by atoms with Gasteiger partial charge in [-0.15, -0.1) is 0 Å². The van der Waals surface area contributed by atoms with Gasteiger partial charge < -0.3 is 11.1 Å². The molecule has 0 aromatic carbocycles.